The quantitative estimate of drug-likeness (QED) is 0.777. The Labute approximate surface area is 152 Å². The van der Waals surface area contributed by atoms with Crippen LogP contribution in [0.25, 0.3) is 11.5 Å². The first-order valence-corrected chi connectivity index (χ1v) is 9.15. The molecule has 140 valence electrons. The zero-order chi connectivity index (χ0) is 18.7. The summed E-state index contributed by atoms with van der Waals surface area (Å²) in [4.78, 5) is 16.0. The molecule has 0 aliphatic heterocycles. The Morgan fingerprint density at radius 3 is 2.65 bits per heavy atom. The van der Waals surface area contributed by atoms with Crippen LogP contribution in [-0.4, -0.2) is 29.0 Å². The van der Waals surface area contributed by atoms with Gasteiger partial charge in [-0.1, -0.05) is 0 Å². The fourth-order valence-electron chi connectivity index (χ4n) is 2.22. The van der Waals surface area contributed by atoms with Crippen LogP contribution >= 0.6 is 11.8 Å². The molecule has 1 heterocycles. The number of thioether (sulfide) groups is 1. The molecule has 0 saturated heterocycles. The maximum absolute atomic E-state index is 12.2. The van der Waals surface area contributed by atoms with Crippen molar-refractivity contribution in [3.05, 3.63) is 35.7 Å². The molecule has 0 spiro atoms. The predicted octanol–water partition coefficient (Wildman–Crippen LogP) is 4.06. The van der Waals surface area contributed by atoms with Crippen LogP contribution in [0.1, 0.15) is 24.3 Å². The number of ether oxygens (including phenoxy) is 1. The number of benzene rings is 1. The summed E-state index contributed by atoms with van der Waals surface area (Å²) in [6, 6.07) is 5.66. The first-order valence-electron chi connectivity index (χ1n) is 8.00. The number of nitrogens with zero attached hydrogens (tertiary/aromatic N) is 1. The minimum atomic E-state index is -4.72. The molecule has 2 aromatic rings. The molecule has 1 saturated carbocycles. The van der Waals surface area contributed by atoms with Gasteiger partial charge in [0.1, 0.15) is 11.5 Å². The summed E-state index contributed by atoms with van der Waals surface area (Å²) in [5, 5.41) is 2.91. The van der Waals surface area contributed by atoms with Crippen LogP contribution in [0.2, 0.25) is 0 Å². The summed E-state index contributed by atoms with van der Waals surface area (Å²) in [5.41, 5.74) is 1.25. The van der Waals surface area contributed by atoms with E-state index in [2.05, 4.69) is 15.0 Å². The molecule has 1 aliphatic rings. The number of carbonyl (C=O) groups is 1. The number of alkyl halides is 3. The molecule has 1 amide bonds. The average molecular weight is 386 g/mol. The zero-order valence-corrected chi connectivity index (χ0v) is 14.7. The molecule has 0 bridgehead atoms. The van der Waals surface area contributed by atoms with Crippen molar-refractivity contribution < 1.29 is 27.1 Å². The second-order valence-corrected chi connectivity index (χ2v) is 6.91. The summed E-state index contributed by atoms with van der Waals surface area (Å²) in [6.07, 6.45) is -2.62. The first kappa shape index (κ1) is 18.6. The Morgan fingerprint density at radius 2 is 2.04 bits per heavy atom. The highest BCUT2D eigenvalue weighted by Crippen LogP contribution is 2.28. The molecular formula is C17H17F3N2O3S. The van der Waals surface area contributed by atoms with E-state index in [1.165, 1.54) is 36.0 Å². The van der Waals surface area contributed by atoms with Gasteiger partial charge >= 0.3 is 6.36 Å². The van der Waals surface area contributed by atoms with E-state index >= 15 is 0 Å². The molecule has 5 nitrogen and oxygen atoms in total. The fraction of sp³-hybridized carbons (Fsp3) is 0.412. The minimum absolute atomic E-state index is 0.0131. The predicted molar refractivity (Wildman–Crippen MR) is 90.7 cm³/mol. The van der Waals surface area contributed by atoms with E-state index in [0.717, 1.165) is 12.8 Å². The molecule has 1 aromatic carbocycles. The van der Waals surface area contributed by atoms with Crippen molar-refractivity contribution in [2.75, 3.05) is 5.75 Å². The monoisotopic (exact) mass is 386 g/mol. The number of amides is 1. The zero-order valence-electron chi connectivity index (χ0n) is 13.9. The lowest BCUT2D eigenvalue weighted by Crippen LogP contribution is -2.27. The smallest absolute Gasteiger partial charge is 0.441 e. The molecule has 0 radical (unpaired) electrons. The average Bonchev–Trinajstić information content (AvgIpc) is 3.28. The van der Waals surface area contributed by atoms with Crippen LogP contribution in [0.5, 0.6) is 5.75 Å². The highest BCUT2D eigenvalue weighted by atomic mass is 32.2. The molecular weight excluding hydrogens is 369 g/mol. The fourth-order valence-corrected chi connectivity index (χ4v) is 3.05. The Balaban J connectivity index is 1.57. The van der Waals surface area contributed by atoms with Gasteiger partial charge in [-0.2, -0.15) is 0 Å². The van der Waals surface area contributed by atoms with Crippen molar-refractivity contribution in [1.82, 2.24) is 10.3 Å². The largest absolute Gasteiger partial charge is 0.573 e. The van der Waals surface area contributed by atoms with Gasteiger partial charge in [-0.15, -0.1) is 24.9 Å². The van der Waals surface area contributed by atoms with Crippen LogP contribution in [0.4, 0.5) is 13.2 Å². The minimum Gasteiger partial charge on any atom is -0.441 e. The van der Waals surface area contributed by atoms with Crippen molar-refractivity contribution in [2.45, 2.75) is 37.9 Å². The number of aryl methyl sites for hydroxylation is 1. The van der Waals surface area contributed by atoms with Crippen LogP contribution < -0.4 is 10.1 Å². The third-order valence-electron chi connectivity index (χ3n) is 3.64. The van der Waals surface area contributed by atoms with Gasteiger partial charge in [0.2, 0.25) is 11.8 Å². The van der Waals surface area contributed by atoms with E-state index in [-0.39, 0.29) is 11.7 Å². The molecule has 1 aliphatic carbocycles. The number of nitrogens with one attached hydrogen (secondary N) is 1. The maximum atomic E-state index is 12.2. The van der Waals surface area contributed by atoms with E-state index in [0.29, 0.717) is 40.5 Å². The van der Waals surface area contributed by atoms with Crippen LogP contribution in [0.3, 0.4) is 0 Å². The number of carbonyl (C=O) groups excluding carboxylic acids is 1. The molecule has 0 atom stereocenters. The number of hydrogen-bond donors (Lipinski definition) is 1. The second-order valence-electron chi connectivity index (χ2n) is 5.93. The maximum Gasteiger partial charge on any atom is 0.573 e. The van der Waals surface area contributed by atoms with Gasteiger partial charge in [0.05, 0.1) is 11.4 Å². The first-order chi connectivity index (χ1) is 12.3. The second kappa shape index (κ2) is 7.61. The number of aromatic nitrogens is 1. The Morgan fingerprint density at radius 1 is 1.35 bits per heavy atom. The highest BCUT2D eigenvalue weighted by Gasteiger charge is 2.31. The van der Waals surface area contributed by atoms with Crippen LogP contribution in [-0.2, 0) is 10.5 Å². The Hall–Kier alpha value is -2.16. The third-order valence-corrected chi connectivity index (χ3v) is 4.59. The van der Waals surface area contributed by atoms with Crippen molar-refractivity contribution in [2.24, 2.45) is 0 Å². The third kappa shape index (κ3) is 5.42. The van der Waals surface area contributed by atoms with Crippen LogP contribution in [0, 0.1) is 6.92 Å². The summed E-state index contributed by atoms with van der Waals surface area (Å²) in [6.45, 7) is 1.76. The van der Waals surface area contributed by atoms with Crippen molar-refractivity contribution in [3.8, 4) is 17.2 Å². The topological polar surface area (TPSA) is 64.4 Å². The molecule has 0 unspecified atom stereocenters. The lowest BCUT2D eigenvalue weighted by Gasteiger charge is -2.08. The van der Waals surface area contributed by atoms with Crippen molar-refractivity contribution >= 4 is 17.7 Å². The summed E-state index contributed by atoms with van der Waals surface area (Å²) >= 11 is 1.44. The molecule has 1 fully saturated rings. The molecule has 9 heteroatoms. The van der Waals surface area contributed by atoms with Crippen LogP contribution in [0.15, 0.2) is 28.7 Å². The highest BCUT2D eigenvalue weighted by molar-refractivity contribution is 7.99. The molecule has 26 heavy (non-hydrogen) atoms. The van der Waals surface area contributed by atoms with Gasteiger partial charge in [0, 0.05) is 17.4 Å². The number of oxazole rings is 1. The van der Waals surface area contributed by atoms with E-state index in [9.17, 15) is 18.0 Å². The number of halogens is 3. The molecule has 1 N–H and O–H groups in total. The van der Waals surface area contributed by atoms with Gasteiger partial charge in [-0.25, -0.2) is 4.98 Å². The summed E-state index contributed by atoms with van der Waals surface area (Å²) in [7, 11) is 0. The summed E-state index contributed by atoms with van der Waals surface area (Å²) in [5.74, 6) is 1.51. The van der Waals surface area contributed by atoms with Gasteiger partial charge < -0.3 is 14.5 Å². The SMILES string of the molecule is Cc1oc(-c2ccc(OC(F)(F)F)cc2)nc1CSCC(=O)NC1CC1. The van der Waals surface area contributed by atoms with E-state index in [1.54, 1.807) is 6.92 Å². The van der Waals surface area contributed by atoms with E-state index in [4.69, 9.17) is 4.42 Å². The van der Waals surface area contributed by atoms with E-state index in [1.807, 2.05) is 0 Å². The van der Waals surface area contributed by atoms with Gasteiger partial charge in [0.15, 0.2) is 0 Å². The lowest BCUT2D eigenvalue weighted by atomic mass is 10.2. The summed E-state index contributed by atoms with van der Waals surface area (Å²) < 4.78 is 46.0. The van der Waals surface area contributed by atoms with E-state index < -0.39 is 6.36 Å². The normalized spacial score (nSPS) is 14.3. The molecule has 3 rings (SSSR count). The van der Waals surface area contributed by atoms with Gasteiger partial charge in [-0.3, -0.25) is 4.79 Å². The van der Waals surface area contributed by atoms with Gasteiger partial charge in [0.25, 0.3) is 0 Å². The van der Waals surface area contributed by atoms with Crippen molar-refractivity contribution in [3.63, 3.8) is 0 Å². The Bertz CT molecular complexity index is 771. The number of hydrogen-bond acceptors (Lipinski definition) is 5. The number of rotatable bonds is 7. The standard InChI is InChI=1S/C17H17F3N2O3S/c1-10-14(8-26-9-15(23)21-12-4-5-12)22-16(24-10)11-2-6-13(7-3-11)25-17(18,19)20/h2-3,6-7,12H,4-5,8-9H2,1H3,(H,21,23). The lowest BCUT2D eigenvalue weighted by molar-refractivity contribution is -0.274. The van der Waals surface area contributed by atoms with Gasteiger partial charge in [-0.05, 0) is 44.0 Å². The van der Waals surface area contributed by atoms with Crippen molar-refractivity contribution in [1.29, 1.82) is 0 Å². The molecule has 1 aromatic heterocycles. The Kier molecular flexibility index (Phi) is 5.45.